The fourth-order valence-corrected chi connectivity index (χ4v) is 0.605. The van der Waals surface area contributed by atoms with Gasteiger partial charge < -0.3 is 29.6 Å². The molecule has 29 heavy (non-hydrogen) atoms. The first kappa shape index (κ1) is 33.4. The number of carbonyl (C=O) groups excluding carboxylic acids is 3. The molecule has 0 bridgehead atoms. The summed E-state index contributed by atoms with van der Waals surface area (Å²) in [5.74, 6) is -2.99. The summed E-state index contributed by atoms with van der Waals surface area (Å²) in [6, 6.07) is 0. The summed E-state index contributed by atoms with van der Waals surface area (Å²) in [5.41, 5.74) is 0.0177. The van der Waals surface area contributed by atoms with Crippen LogP contribution in [0.25, 0.3) is 0 Å². The Morgan fingerprint density at radius 3 is 1.52 bits per heavy atom. The lowest BCUT2D eigenvalue weighted by molar-refractivity contribution is -0.299. The van der Waals surface area contributed by atoms with Gasteiger partial charge in [-0.3, -0.25) is 0 Å². The van der Waals surface area contributed by atoms with E-state index in [1.807, 2.05) is 20.8 Å². The molecule has 0 amide bonds. The van der Waals surface area contributed by atoms with E-state index in [9.17, 15) is 24.3 Å². The maximum absolute atomic E-state index is 10.5. The first-order valence-electron chi connectivity index (χ1n) is 8.06. The van der Waals surface area contributed by atoms with Gasteiger partial charge in [0.2, 0.25) is 0 Å². The lowest BCUT2D eigenvalue weighted by Crippen LogP contribution is -2.22. The highest BCUT2D eigenvalue weighted by atomic mass is 16.6. The zero-order valence-corrected chi connectivity index (χ0v) is 17.6. The van der Waals surface area contributed by atoms with E-state index >= 15 is 0 Å². The summed E-state index contributed by atoms with van der Waals surface area (Å²) in [6.45, 7) is 21.0. The van der Waals surface area contributed by atoms with Crippen molar-refractivity contribution in [3.8, 4) is 0 Å². The summed E-state index contributed by atoms with van der Waals surface area (Å²) < 4.78 is 9.29. The first-order valence-corrected chi connectivity index (χ1v) is 8.06. The minimum Gasteiger partial charge on any atom is -0.545 e. The van der Waals surface area contributed by atoms with Crippen molar-refractivity contribution in [2.45, 2.75) is 40.2 Å². The minimum absolute atomic E-state index is 0.0473. The summed E-state index contributed by atoms with van der Waals surface area (Å²) in [5, 5.41) is 25.3. The van der Waals surface area contributed by atoms with E-state index in [4.69, 9.17) is 14.9 Å². The van der Waals surface area contributed by atoms with Crippen LogP contribution in [0, 0.1) is 0 Å². The molecule has 0 unspecified atom stereocenters. The van der Waals surface area contributed by atoms with Gasteiger partial charge in [0.05, 0.1) is 12.6 Å². The predicted molar refractivity (Wildman–Crippen MR) is 107 cm³/mol. The molecule has 0 aromatic rings. The van der Waals surface area contributed by atoms with Crippen LogP contribution in [0.5, 0.6) is 0 Å². The number of esters is 2. The molecule has 0 saturated carbocycles. The van der Waals surface area contributed by atoms with Gasteiger partial charge in [0, 0.05) is 17.7 Å². The number of aliphatic hydroxyl groups is 1. The van der Waals surface area contributed by atoms with Gasteiger partial charge in [0.1, 0.15) is 12.2 Å². The summed E-state index contributed by atoms with van der Waals surface area (Å²) in [7, 11) is 0. The van der Waals surface area contributed by atoms with Gasteiger partial charge in [-0.05, 0) is 40.2 Å². The molecule has 0 aliphatic heterocycles. The van der Waals surface area contributed by atoms with Crippen molar-refractivity contribution in [1.82, 2.24) is 0 Å². The molecule has 0 aliphatic carbocycles. The predicted octanol–water partition coefficient (Wildman–Crippen LogP) is 1.18. The Kier molecular flexibility index (Phi) is 22.5. The number of aliphatic hydroxyl groups excluding tert-OH is 1. The van der Waals surface area contributed by atoms with Gasteiger partial charge >= 0.3 is 17.9 Å². The number of aliphatic carboxylic acids is 2. The van der Waals surface area contributed by atoms with Crippen molar-refractivity contribution >= 4 is 23.9 Å². The summed E-state index contributed by atoms with van der Waals surface area (Å²) in [6.07, 6.45) is 1.99. The van der Waals surface area contributed by atoms with Crippen LogP contribution in [0.2, 0.25) is 0 Å². The highest BCUT2D eigenvalue weighted by Gasteiger charge is 2.12. The average Bonchev–Trinajstić information content (AvgIpc) is 2.59. The van der Waals surface area contributed by atoms with E-state index in [0.717, 1.165) is 12.2 Å². The summed E-state index contributed by atoms with van der Waals surface area (Å²) in [4.78, 5) is 39.7. The Hall–Kier alpha value is -3.20. The Balaban J connectivity index is -0.000000148. The zero-order valence-electron chi connectivity index (χ0n) is 17.6. The van der Waals surface area contributed by atoms with E-state index in [1.54, 1.807) is 6.92 Å². The van der Waals surface area contributed by atoms with Crippen LogP contribution in [0.15, 0.2) is 49.6 Å². The Labute approximate surface area is 171 Å². The molecular formula is C20H31O9-. The van der Waals surface area contributed by atoms with Crippen LogP contribution in [0.1, 0.15) is 34.6 Å². The molecule has 0 aromatic heterocycles. The van der Waals surface area contributed by atoms with E-state index < -0.39 is 23.5 Å². The third kappa shape index (κ3) is 40.7. The van der Waals surface area contributed by atoms with Crippen molar-refractivity contribution in [3.63, 3.8) is 0 Å². The molecule has 2 N–H and O–H groups in total. The van der Waals surface area contributed by atoms with Crippen molar-refractivity contribution < 1.29 is 44.0 Å². The van der Waals surface area contributed by atoms with Gasteiger partial charge in [-0.1, -0.05) is 26.3 Å². The van der Waals surface area contributed by atoms with Gasteiger partial charge in [0.15, 0.2) is 0 Å². The molecule has 0 saturated heterocycles. The average molecular weight is 415 g/mol. The zero-order chi connectivity index (χ0) is 24.2. The first-order chi connectivity index (χ1) is 13.0. The van der Waals surface area contributed by atoms with Crippen molar-refractivity contribution in [1.29, 1.82) is 0 Å². The number of rotatable bonds is 6. The molecule has 0 atom stereocenters. The van der Waals surface area contributed by atoms with Crippen LogP contribution in [-0.2, 0) is 28.7 Å². The number of hydrogen-bond donors (Lipinski definition) is 2. The number of carboxylic acids is 2. The largest absolute Gasteiger partial charge is 0.545 e. The van der Waals surface area contributed by atoms with Crippen LogP contribution in [-0.4, -0.2) is 52.9 Å². The van der Waals surface area contributed by atoms with Gasteiger partial charge in [-0.2, -0.15) is 0 Å². The smallest absolute Gasteiger partial charge is 0.333 e. The maximum atomic E-state index is 10.5. The molecule has 0 heterocycles. The lowest BCUT2D eigenvalue weighted by atomic mass is 10.2. The van der Waals surface area contributed by atoms with E-state index in [-0.39, 0.29) is 24.8 Å². The maximum Gasteiger partial charge on any atom is 0.333 e. The summed E-state index contributed by atoms with van der Waals surface area (Å²) >= 11 is 0. The Morgan fingerprint density at radius 2 is 1.38 bits per heavy atom. The van der Waals surface area contributed by atoms with Gasteiger partial charge in [-0.25, -0.2) is 14.4 Å². The number of ether oxygens (including phenoxy) is 2. The fraction of sp³-hybridized carbons (Fsp3) is 0.400. The molecule has 166 valence electrons. The lowest BCUT2D eigenvalue weighted by Gasteiger charge is -2.17. The van der Waals surface area contributed by atoms with Crippen LogP contribution in [0.3, 0.4) is 0 Å². The molecule has 0 radical (unpaired) electrons. The highest BCUT2D eigenvalue weighted by Crippen LogP contribution is 2.06. The fourth-order valence-electron chi connectivity index (χ4n) is 0.605. The molecule has 9 nitrogen and oxygen atoms in total. The second kappa shape index (κ2) is 19.6. The molecule has 0 spiro atoms. The second-order valence-electron chi connectivity index (χ2n) is 5.99. The van der Waals surface area contributed by atoms with Crippen molar-refractivity contribution in [3.05, 3.63) is 49.6 Å². The topological polar surface area (TPSA) is 150 Å². The quantitative estimate of drug-likeness (QED) is 0.481. The molecule has 0 aliphatic rings. The molecule has 0 rings (SSSR count). The number of hydrogen-bond acceptors (Lipinski definition) is 8. The third-order valence-corrected chi connectivity index (χ3v) is 1.77. The number of carbonyl (C=O) groups is 4. The van der Waals surface area contributed by atoms with E-state index in [1.165, 1.54) is 6.92 Å². The molecule has 0 fully saturated rings. The molecule has 9 heteroatoms. The van der Waals surface area contributed by atoms with Crippen LogP contribution >= 0.6 is 0 Å². The highest BCUT2D eigenvalue weighted by molar-refractivity contribution is 5.86. The van der Waals surface area contributed by atoms with Crippen LogP contribution < -0.4 is 5.11 Å². The van der Waals surface area contributed by atoms with Crippen molar-refractivity contribution in [2.24, 2.45) is 0 Å². The normalized spacial score (nSPS) is 8.62. The Morgan fingerprint density at radius 1 is 1.00 bits per heavy atom. The second-order valence-corrected chi connectivity index (χ2v) is 5.99. The van der Waals surface area contributed by atoms with Crippen LogP contribution in [0.4, 0.5) is 0 Å². The van der Waals surface area contributed by atoms with Gasteiger partial charge in [0.25, 0.3) is 0 Å². The van der Waals surface area contributed by atoms with E-state index in [0.29, 0.717) is 5.57 Å². The molecular weight excluding hydrogens is 384 g/mol. The monoisotopic (exact) mass is 415 g/mol. The Bertz CT molecular complexity index is 569. The van der Waals surface area contributed by atoms with E-state index in [2.05, 4.69) is 31.1 Å². The number of carboxylic acid groups (broad SMARTS) is 2. The standard InChI is InChI=1S/C7H12O2.C6H10O3.C4H6O2.C3H4O2/c1-5-6(8)9-7(2,3)4;1-5(2)6(8)9-4-3-7;1-3(2)4(5)6;1-2-3(4)5/h5H,1H2,2-4H3;7H,1,3-4H2,2H3;1H2,2H3,(H,5,6);2H,1H2,(H,4,5)/p-1. The minimum atomic E-state index is -1.19. The third-order valence-electron chi connectivity index (χ3n) is 1.77. The van der Waals surface area contributed by atoms with Gasteiger partial charge in [-0.15, -0.1) is 0 Å². The SMILES string of the molecule is C=C(C)C(=O)OCCO.C=C(C)C(=O)[O-].C=CC(=O)O.C=CC(=O)OC(C)(C)C. The molecule has 0 aromatic carbocycles. The van der Waals surface area contributed by atoms with Crippen molar-refractivity contribution in [2.75, 3.05) is 13.2 Å².